The Labute approximate surface area is 194 Å². The zero-order chi connectivity index (χ0) is 22.4. The van der Waals surface area contributed by atoms with Gasteiger partial charge < -0.3 is 26.2 Å². The molecule has 32 heavy (non-hydrogen) atoms. The number of phenolic OH excluding ortho intramolecular Hbond substituents is 2. The van der Waals surface area contributed by atoms with Gasteiger partial charge in [-0.15, -0.1) is 12.4 Å². The first-order valence-electron chi connectivity index (χ1n) is 11.0. The predicted octanol–water partition coefficient (Wildman–Crippen LogP) is 1.36. The number of piperazine rings is 1. The average molecular weight is 469 g/mol. The van der Waals surface area contributed by atoms with Crippen LogP contribution in [-0.4, -0.2) is 76.0 Å². The van der Waals surface area contributed by atoms with E-state index in [0.717, 1.165) is 19.2 Å². The Morgan fingerprint density at radius 3 is 2.31 bits per heavy atom. The minimum atomic E-state index is -0.922. The van der Waals surface area contributed by atoms with Crippen molar-refractivity contribution in [1.82, 2.24) is 15.1 Å². The van der Waals surface area contributed by atoms with Gasteiger partial charge in [0.05, 0.1) is 5.56 Å². The minimum Gasteiger partial charge on any atom is -0.508 e. The standard InChI is InChI=1S/C22H32N4O5.ClH/c23-20(29)9-8-18(24-21(30)17-7-6-16(27)14-19(17)28)22(31)26-12-10-25(11-13-26)15-4-2-1-3-5-15;/h6-7,14-15,18,27-28H,1-5,8-13H2,(H2,23,29)(H,24,30);1H/t18-;/m0./s1. The van der Waals surface area contributed by atoms with E-state index in [-0.39, 0.29) is 48.2 Å². The van der Waals surface area contributed by atoms with E-state index in [1.807, 2.05) is 0 Å². The quantitative estimate of drug-likeness (QED) is 0.477. The highest BCUT2D eigenvalue weighted by molar-refractivity contribution is 5.99. The van der Waals surface area contributed by atoms with Crippen LogP contribution in [0.1, 0.15) is 55.3 Å². The van der Waals surface area contributed by atoms with Crippen LogP contribution in [-0.2, 0) is 9.59 Å². The Balaban J connectivity index is 0.00000363. The Kier molecular flexibility index (Phi) is 9.59. The van der Waals surface area contributed by atoms with Crippen LogP contribution < -0.4 is 11.1 Å². The SMILES string of the molecule is Cl.NC(=O)CC[C@H](NC(=O)c1ccc(O)cc1O)C(=O)N1CCN(C2CCCCC2)CC1. The summed E-state index contributed by atoms with van der Waals surface area (Å²) in [6.45, 7) is 2.74. The summed E-state index contributed by atoms with van der Waals surface area (Å²) >= 11 is 0. The fourth-order valence-corrected chi connectivity index (χ4v) is 4.47. The number of nitrogens with zero attached hydrogens (tertiary/aromatic N) is 2. The summed E-state index contributed by atoms with van der Waals surface area (Å²) in [5, 5.41) is 22.0. The van der Waals surface area contributed by atoms with E-state index in [1.165, 1.54) is 44.2 Å². The van der Waals surface area contributed by atoms with Gasteiger partial charge in [-0.3, -0.25) is 19.3 Å². The Morgan fingerprint density at radius 1 is 1.06 bits per heavy atom. The van der Waals surface area contributed by atoms with Crippen molar-refractivity contribution in [3.63, 3.8) is 0 Å². The number of rotatable bonds is 7. The van der Waals surface area contributed by atoms with Crippen molar-refractivity contribution in [3.05, 3.63) is 23.8 Å². The minimum absolute atomic E-state index is 0. The molecule has 0 spiro atoms. The van der Waals surface area contributed by atoms with Crippen molar-refractivity contribution in [3.8, 4) is 11.5 Å². The number of nitrogens with one attached hydrogen (secondary N) is 1. The second-order valence-electron chi connectivity index (χ2n) is 8.39. The molecule has 178 valence electrons. The fraction of sp³-hybridized carbons (Fsp3) is 0.591. The van der Waals surface area contributed by atoms with Crippen molar-refractivity contribution in [2.45, 2.75) is 57.0 Å². The number of benzene rings is 1. The molecule has 0 unspecified atom stereocenters. The van der Waals surface area contributed by atoms with Gasteiger partial charge in [-0.2, -0.15) is 0 Å². The van der Waals surface area contributed by atoms with E-state index < -0.39 is 17.9 Å². The zero-order valence-electron chi connectivity index (χ0n) is 18.2. The Bertz CT molecular complexity index is 808. The van der Waals surface area contributed by atoms with Crippen LogP contribution in [0.25, 0.3) is 0 Å². The number of hydrogen-bond acceptors (Lipinski definition) is 6. The van der Waals surface area contributed by atoms with Crippen LogP contribution in [0.15, 0.2) is 18.2 Å². The topological polar surface area (TPSA) is 136 Å². The summed E-state index contributed by atoms with van der Waals surface area (Å²) in [4.78, 5) is 41.2. The summed E-state index contributed by atoms with van der Waals surface area (Å²) in [7, 11) is 0. The van der Waals surface area contributed by atoms with Gasteiger partial charge in [0.25, 0.3) is 5.91 Å². The third kappa shape index (κ3) is 6.74. The van der Waals surface area contributed by atoms with E-state index in [2.05, 4.69) is 10.2 Å². The number of phenols is 2. The predicted molar refractivity (Wildman–Crippen MR) is 122 cm³/mol. The lowest BCUT2D eigenvalue weighted by atomic mass is 9.94. The molecule has 2 fully saturated rings. The molecular weight excluding hydrogens is 436 g/mol. The summed E-state index contributed by atoms with van der Waals surface area (Å²) in [5.74, 6) is -2.02. The van der Waals surface area contributed by atoms with Crippen molar-refractivity contribution in [2.24, 2.45) is 5.73 Å². The van der Waals surface area contributed by atoms with Gasteiger partial charge >= 0.3 is 0 Å². The van der Waals surface area contributed by atoms with E-state index in [1.54, 1.807) is 4.90 Å². The van der Waals surface area contributed by atoms with Gasteiger partial charge in [-0.25, -0.2) is 0 Å². The van der Waals surface area contributed by atoms with Gasteiger partial charge in [0, 0.05) is 44.7 Å². The molecule has 1 heterocycles. The largest absolute Gasteiger partial charge is 0.508 e. The molecule has 1 aromatic carbocycles. The summed E-state index contributed by atoms with van der Waals surface area (Å²) in [6, 6.07) is 3.28. The molecule has 9 nitrogen and oxygen atoms in total. The van der Waals surface area contributed by atoms with Crippen LogP contribution in [0.3, 0.4) is 0 Å². The second-order valence-corrected chi connectivity index (χ2v) is 8.39. The molecule has 2 aliphatic rings. The highest BCUT2D eigenvalue weighted by Gasteiger charge is 2.31. The lowest BCUT2D eigenvalue weighted by Crippen LogP contribution is -2.56. The molecule has 3 rings (SSSR count). The van der Waals surface area contributed by atoms with Crippen molar-refractivity contribution >= 4 is 30.1 Å². The number of aromatic hydroxyl groups is 2. The molecule has 1 saturated carbocycles. The Hall–Kier alpha value is -2.52. The molecular formula is C22H33ClN4O5. The van der Waals surface area contributed by atoms with E-state index in [4.69, 9.17) is 5.73 Å². The van der Waals surface area contributed by atoms with Crippen LogP contribution in [0.4, 0.5) is 0 Å². The van der Waals surface area contributed by atoms with E-state index in [9.17, 15) is 24.6 Å². The molecule has 1 atom stereocenters. The lowest BCUT2D eigenvalue weighted by molar-refractivity contribution is -0.135. The maximum Gasteiger partial charge on any atom is 0.255 e. The van der Waals surface area contributed by atoms with E-state index in [0.29, 0.717) is 19.1 Å². The van der Waals surface area contributed by atoms with Crippen molar-refractivity contribution < 1.29 is 24.6 Å². The number of hydrogen-bond donors (Lipinski definition) is 4. The molecule has 1 aromatic rings. The number of carbonyl (C=O) groups is 3. The third-order valence-corrected chi connectivity index (χ3v) is 6.23. The van der Waals surface area contributed by atoms with Gasteiger partial charge in [-0.1, -0.05) is 19.3 Å². The summed E-state index contributed by atoms with van der Waals surface area (Å²) in [5.41, 5.74) is 5.19. The van der Waals surface area contributed by atoms with Gasteiger partial charge in [0.2, 0.25) is 11.8 Å². The highest BCUT2D eigenvalue weighted by Crippen LogP contribution is 2.24. The Morgan fingerprint density at radius 2 is 1.72 bits per heavy atom. The summed E-state index contributed by atoms with van der Waals surface area (Å²) in [6.07, 6.45) is 6.28. The average Bonchev–Trinajstić information content (AvgIpc) is 2.76. The van der Waals surface area contributed by atoms with E-state index >= 15 is 0 Å². The second kappa shape index (κ2) is 11.9. The van der Waals surface area contributed by atoms with Crippen molar-refractivity contribution in [1.29, 1.82) is 0 Å². The normalized spacial score (nSPS) is 18.4. The van der Waals surface area contributed by atoms with Gasteiger partial charge in [-0.05, 0) is 31.4 Å². The number of amides is 3. The maximum atomic E-state index is 13.1. The fourth-order valence-electron chi connectivity index (χ4n) is 4.47. The molecule has 0 radical (unpaired) electrons. The number of primary amides is 1. The highest BCUT2D eigenvalue weighted by atomic mass is 35.5. The molecule has 0 aromatic heterocycles. The van der Waals surface area contributed by atoms with Crippen molar-refractivity contribution in [2.75, 3.05) is 26.2 Å². The van der Waals surface area contributed by atoms with Crippen LogP contribution in [0.2, 0.25) is 0 Å². The van der Waals surface area contributed by atoms with Gasteiger partial charge in [0.1, 0.15) is 17.5 Å². The molecule has 1 aliphatic carbocycles. The molecule has 5 N–H and O–H groups in total. The maximum absolute atomic E-state index is 13.1. The molecule has 10 heteroatoms. The number of halogens is 1. The first-order valence-corrected chi connectivity index (χ1v) is 11.0. The molecule has 0 bridgehead atoms. The van der Waals surface area contributed by atoms with Gasteiger partial charge in [0.15, 0.2) is 0 Å². The first kappa shape index (κ1) is 25.7. The number of carbonyl (C=O) groups excluding carboxylic acids is 3. The molecule has 3 amide bonds. The monoisotopic (exact) mass is 468 g/mol. The first-order chi connectivity index (χ1) is 14.8. The number of nitrogens with two attached hydrogens (primary N) is 1. The molecule has 1 aliphatic heterocycles. The lowest BCUT2D eigenvalue weighted by Gasteiger charge is -2.41. The van der Waals surface area contributed by atoms with Crippen LogP contribution in [0, 0.1) is 0 Å². The zero-order valence-corrected chi connectivity index (χ0v) is 19.0. The summed E-state index contributed by atoms with van der Waals surface area (Å²) < 4.78 is 0. The third-order valence-electron chi connectivity index (χ3n) is 6.23. The van der Waals surface area contributed by atoms with Crippen LogP contribution >= 0.6 is 12.4 Å². The van der Waals surface area contributed by atoms with Crippen LogP contribution in [0.5, 0.6) is 11.5 Å². The molecule has 1 saturated heterocycles. The smallest absolute Gasteiger partial charge is 0.255 e.